The van der Waals surface area contributed by atoms with Crippen LogP contribution in [-0.2, 0) is 17.6 Å². The maximum Gasteiger partial charge on any atom is 0.274 e. The van der Waals surface area contributed by atoms with E-state index in [1.54, 1.807) is 0 Å². The van der Waals surface area contributed by atoms with Crippen LogP contribution in [0, 0.1) is 5.92 Å². The van der Waals surface area contributed by atoms with Crippen molar-refractivity contribution in [3.05, 3.63) is 17.0 Å². The summed E-state index contributed by atoms with van der Waals surface area (Å²) in [5, 5.41) is 7.37. The number of carbonyl (C=O) groups is 2. The lowest BCUT2D eigenvalue weighted by atomic mass is 9.93. The molecule has 2 aliphatic heterocycles. The van der Waals surface area contributed by atoms with Gasteiger partial charge in [0.15, 0.2) is 5.69 Å². The summed E-state index contributed by atoms with van der Waals surface area (Å²) in [5.74, 6) is 0.447. The minimum atomic E-state index is 0.0447. The summed E-state index contributed by atoms with van der Waals surface area (Å²) in [6.45, 7) is 3.17. The summed E-state index contributed by atoms with van der Waals surface area (Å²) in [6, 6.07) is 0. The third-order valence-electron chi connectivity index (χ3n) is 6.06. The Bertz CT molecular complexity index is 640. The van der Waals surface area contributed by atoms with Gasteiger partial charge in [0.05, 0.1) is 0 Å². The van der Waals surface area contributed by atoms with Crippen molar-refractivity contribution in [1.82, 2.24) is 20.0 Å². The summed E-state index contributed by atoms with van der Waals surface area (Å²) in [5.41, 5.74) is 2.89. The van der Waals surface area contributed by atoms with E-state index >= 15 is 0 Å². The number of rotatable bonds is 2. The molecule has 2 amide bonds. The second-order valence-electron chi connectivity index (χ2n) is 7.69. The lowest BCUT2D eigenvalue weighted by Crippen LogP contribution is -2.46. The highest BCUT2D eigenvalue weighted by Gasteiger charge is 2.32. The van der Waals surface area contributed by atoms with Crippen LogP contribution in [-0.4, -0.2) is 58.0 Å². The van der Waals surface area contributed by atoms with E-state index < -0.39 is 0 Å². The molecule has 0 atom stereocenters. The Morgan fingerprint density at radius 1 is 0.880 bits per heavy atom. The van der Waals surface area contributed by atoms with E-state index in [1.807, 2.05) is 9.80 Å². The van der Waals surface area contributed by atoms with Gasteiger partial charge in [0.25, 0.3) is 5.91 Å². The van der Waals surface area contributed by atoms with Gasteiger partial charge in [-0.15, -0.1) is 0 Å². The van der Waals surface area contributed by atoms with Gasteiger partial charge in [-0.3, -0.25) is 14.7 Å². The minimum absolute atomic E-state index is 0.0447. The molecule has 6 nitrogen and oxygen atoms in total. The topological polar surface area (TPSA) is 69.3 Å². The van der Waals surface area contributed by atoms with E-state index in [4.69, 9.17) is 0 Å². The molecule has 0 spiro atoms. The van der Waals surface area contributed by atoms with Gasteiger partial charge in [-0.05, 0) is 57.8 Å². The average molecular weight is 344 g/mol. The molecule has 136 valence electrons. The number of nitrogens with zero attached hydrogens (tertiary/aromatic N) is 3. The number of likely N-dealkylation sites (tertiary alicyclic amines) is 2. The Morgan fingerprint density at radius 2 is 1.60 bits per heavy atom. The Labute approximate surface area is 148 Å². The van der Waals surface area contributed by atoms with E-state index in [9.17, 15) is 9.59 Å². The van der Waals surface area contributed by atoms with Crippen molar-refractivity contribution in [3.8, 4) is 0 Å². The summed E-state index contributed by atoms with van der Waals surface area (Å²) in [4.78, 5) is 29.4. The zero-order valence-corrected chi connectivity index (χ0v) is 14.9. The van der Waals surface area contributed by atoms with Gasteiger partial charge >= 0.3 is 0 Å². The number of hydrogen-bond acceptors (Lipinski definition) is 3. The Kier molecular flexibility index (Phi) is 4.77. The van der Waals surface area contributed by atoms with Gasteiger partial charge in [-0.2, -0.15) is 5.10 Å². The largest absolute Gasteiger partial charge is 0.342 e. The summed E-state index contributed by atoms with van der Waals surface area (Å²) < 4.78 is 0. The van der Waals surface area contributed by atoms with Crippen LogP contribution in [0.25, 0.3) is 0 Å². The van der Waals surface area contributed by atoms with E-state index in [0.717, 1.165) is 69.3 Å². The molecule has 6 heteroatoms. The lowest BCUT2D eigenvalue weighted by molar-refractivity contribution is -0.137. The molecular weight excluding hydrogens is 316 g/mol. The van der Waals surface area contributed by atoms with Crippen LogP contribution in [0.1, 0.15) is 66.7 Å². The first-order chi connectivity index (χ1) is 12.2. The van der Waals surface area contributed by atoms with Gasteiger partial charge in [-0.25, -0.2) is 0 Å². The molecular formula is C19H28N4O2. The van der Waals surface area contributed by atoms with Crippen LogP contribution >= 0.6 is 0 Å². The number of hydrogen-bond donors (Lipinski definition) is 1. The van der Waals surface area contributed by atoms with E-state index in [1.165, 1.54) is 12.8 Å². The molecule has 0 radical (unpaired) electrons. The van der Waals surface area contributed by atoms with E-state index in [2.05, 4.69) is 10.2 Å². The first-order valence-corrected chi connectivity index (χ1v) is 9.88. The smallest absolute Gasteiger partial charge is 0.274 e. The highest BCUT2D eigenvalue weighted by atomic mass is 16.2. The fraction of sp³-hybridized carbons (Fsp3) is 0.737. The second kappa shape index (κ2) is 7.18. The first-order valence-electron chi connectivity index (χ1n) is 9.88. The van der Waals surface area contributed by atoms with Crippen molar-refractivity contribution in [1.29, 1.82) is 0 Å². The molecule has 0 saturated carbocycles. The zero-order chi connectivity index (χ0) is 17.2. The van der Waals surface area contributed by atoms with Crippen LogP contribution in [0.5, 0.6) is 0 Å². The standard InChI is InChI=1S/C19H28N4O2/c24-18(22-10-4-1-5-11-22)14-8-12-23(13-9-14)19(25)17-15-6-2-3-7-16(15)20-21-17/h14H,1-13H2,(H,20,21). The summed E-state index contributed by atoms with van der Waals surface area (Å²) in [6.07, 6.45) is 9.34. The Morgan fingerprint density at radius 3 is 2.36 bits per heavy atom. The van der Waals surface area contributed by atoms with Crippen LogP contribution in [0.3, 0.4) is 0 Å². The number of H-pyrrole nitrogens is 1. The third kappa shape index (κ3) is 3.31. The molecule has 0 bridgehead atoms. The van der Waals surface area contributed by atoms with Crippen molar-refractivity contribution in [2.75, 3.05) is 26.2 Å². The molecule has 4 rings (SSSR count). The second-order valence-corrected chi connectivity index (χ2v) is 7.69. The maximum absolute atomic E-state index is 12.9. The number of nitrogens with one attached hydrogen (secondary N) is 1. The highest BCUT2D eigenvalue weighted by Crippen LogP contribution is 2.26. The number of aromatic amines is 1. The van der Waals surface area contributed by atoms with Crippen molar-refractivity contribution in [2.24, 2.45) is 5.92 Å². The van der Waals surface area contributed by atoms with Crippen molar-refractivity contribution in [2.45, 2.75) is 57.8 Å². The molecule has 1 aromatic heterocycles. The van der Waals surface area contributed by atoms with Crippen LogP contribution in [0.4, 0.5) is 0 Å². The van der Waals surface area contributed by atoms with Crippen LogP contribution in [0.2, 0.25) is 0 Å². The fourth-order valence-electron chi connectivity index (χ4n) is 4.51. The molecule has 2 saturated heterocycles. The van der Waals surface area contributed by atoms with Crippen molar-refractivity contribution < 1.29 is 9.59 Å². The Hall–Kier alpha value is -1.85. The minimum Gasteiger partial charge on any atom is -0.342 e. The number of fused-ring (bicyclic) bond motifs is 1. The van der Waals surface area contributed by atoms with Gasteiger partial charge in [0.1, 0.15) is 0 Å². The molecule has 3 aliphatic rings. The Balaban J connectivity index is 1.36. The third-order valence-corrected chi connectivity index (χ3v) is 6.06. The quantitative estimate of drug-likeness (QED) is 0.894. The van der Waals surface area contributed by atoms with E-state index in [0.29, 0.717) is 24.7 Å². The van der Waals surface area contributed by atoms with Gasteiger partial charge in [-0.1, -0.05) is 0 Å². The van der Waals surface area contributed by atoms with Gasteiger partial charge in [0.2, 0.25) is 5.91 Å². The fourth-order valence-corrected chi connectivity index (χ4v) is 4.51. The maximum atomic E-state index is 12.9. The lowest BCUT2D eigenvalue weighted by Gasteiger charge is -2.35. The number of aromatic nitrogens is 2. The molecule has 0 aromatic carbocycles. The summed E-state index contributed by atoms with van der Waals surface area (Å²) >= 11 is 0. The van der Waals surface area contributed by atoms with Crippen molar-refractivity contribution >= 4 is 11.8 Å². The molecule has 3 heterocycles. The molecule has 1 aliphatic carbocycles. The molecule has 1 N–H and O–H groups in total. The predicted octanol–water partition coefficient (Wildman–Crippen LogP) is 2.15. The van der Waals surface area contributed by atoms with Crippen LogP contribution in [0.15, 0.2) is 0 Å². The van der Waals surface area contributed by atoms with Gasteiger partial charge in [0, 0.05) is 43.4 Å². The van der Waals surface area contributed by atoms with Gasteiger partial charge < -0.3 is 9.80 Å². The first kappa shape index (κ1) is 16.6. The monoisotopic (exact) mass is 344 g/mol. The van der Waals surface area contributed by atoms with E-state index in [-0.39, 0.29) is 11.8 Å². The number of piperidine rings is 2. The normalized spacial score (nSPS) is 21.9. The zero-order valence-electron chi connectivity index (χ0n) is 14.9. The molecule has 1 aromatic rings. The number of carbonyl (C=O) groups excluding carboxylic acids is 2. The SMILES string of the molecule is O=C(c1n[nH]c2c1CCCC2)N1CCC(C(=O)N2CCCCC2)CC1. The number of aryl methyl sites for hydroxylation is 1. The van der Waals surface area contributed by atoms with Crippen molar-refractivity contribution in [3.63, 3.8) is 0 Å². The number of amides is 2. The molecule has 0 unspecified atom stereocenters. The summed E-state index contributed by atoms with van der Waals surface area (Å²) in [7, 11) is 0. The van der Waals surface area contributed by atoms with Crippen LogP contribution < -0.4 is 0 Å². The average Bonchev–Trinajstić information content (AvgIpc) is 3.12. The molecule has 25 heavy (non-hydrogen) atoms. The predicted molar refractivity (Wildman–Crippen MR) is 94.3 cm³/mol. The molecule has 2 fully saturated rings. The highest BCUT2D eigenvalue weighted by molar-refractivity contribution is 5.94.